The average molecular weight is 976 g/mol. The van der Waals surface area contributed by atoms with Gasteiger partial charge in [-0.2, -0.15) is 0 Å². The van der Waals surface area contributed by atoms with Crippen LogP contribution in [-0.2, 0) is 66.9 Å². The van der Waals surface area contributed by atoms with Crippen LogP contribution >= 0.6 is 0 Å². The molecule has 3 unspecified atom stereocenters. The number of aldehydes is 1. The van der Waals surface area contributed by atoms with Gasteiger partial charge in [-0.3, -0.25) is 28.8 Å². The van der Waals surface area contributed by atoms with Crippen LogP contribution in [0.3, 0.4) is 0 Å². The van der Waals surface area contributed by atoms with Crippen LogP contribution in [-0.4, -0.2) is 164 Å². The van der Waals surface area contributed by atoms with Crippen molar-refractivity contribution in [2.75, 3.05) is 65.9 Å². The molecule has 0 rings (SSSR count). The zero-order valence-electron chi connectivity index (χ0n) is 39.4. The highest BCUT2D eigenvalue weighted by Gasteiger charge is 2.24. The van der Waals surface area contributed by atoms with E-state index in [1.807, 2.05) is 0 Å². The molecule has 0 heterocycles. The van der Waals surface area contributed by atoms with Crippen LogP contribution in [0.2, 0.25) is 0 Å². The molecule has 5 amide bonds. The number of hydrogen-bond donors (Lipinski definition) is 9. The molecule has 0 radical (unpaired) electrons. The van der Waals surface area contributed by atoms with E-state index in [1.54, 1.807) is 0 Å². The Hall–Kier alpha value is -5.26. The van der Waals surface area contributed by atoms with Gasteiger partial charge >= 0.3 is 23.9 Å². The van der Waals surface area contributed by atoms with Crippen molar-refractivity contribution in [2.24, 2.45) is 0 Å². The van der Waals surface area contributed by atoms with Crippen molar-refractivity contribution >= 4 is 59.7 Å². The van der Waals surface area contributed by atoms with Crippen molar-refractivity contribution in [3.05, 3.63) is 0 Å². The average Bonchev–Trinajstić information content (AvgIpc) is 3.28. The van der Waals surface area contributed by atoms with Crippen LogP contribution in [0.5, 0.6) is 0 Å². The van der Waals surface area contributed by atoms with E-state index in [4.69, 9.17) is 29.2 Å². The van der Waals surface area contributed by atoms with E-state index in [0.717, 1.165) is 51.4 Å². The van der Waals surface area contributed by atoms with Crippen molar-refractivity contribution in [1.82, 2.24) is 26.6 Å². The van der Waals surface area contributed by atoms with Crippen molar-refractivity contribution < 1.29 is 87.3 Å². The molecule has 0 aromatic rings. The first-order chi connectivity index (χ1) is 32.7. The lowest BCUT2D eigenvalue weighted by Crippen LogP contribution is -2.44. The molecular formula is C45H77N5O18. The fourth-order valence-electron chi connectivity index (χ4n) is 6.44. The lowest BCUT2D eigenvalue weighted by Gasteiger charge is -2.16. The molecule has 9 N–H and O–H groups in total. The molecule has 3 atom stereocenters. The molecule has 0 saturated carbocycles. The molecule has 0 aliphatic heterocycles. The first-order valence-electron chi connectivity index (χ1n) is 23.7. The zero-order chi connectivity index (χ0) is 50.6. The van der Waals surface area contributed by atoms with Gasteiger partial charge < -0.3 is 70.8 Å². The second-order valence-electron chi connectivity index (χ2n) is 16.1. The molecule has 0 aliphatic carbocycles. The van der Waals surface area contributed by atoms with E-state index in [-0.39, 0.29) is 116 Å². The van der Waals surface area contributed by atoms with E-state index in [0.29, 0.717) is 12.7 Å². The highest BCUT2D eigenvalue weighted by Crippen LogP contribution is 2.14. The van der Waals surface area contributed by atoms with Crippen LogP contribution in [0.15, 0.2) is 0 Å². The fraction of sp³-hybridized carbons (Fsp3) is 0.778. The number of carboxylic acids is 4. The summed E-state index contributed by atoms with van der Waals surface area (Å²) in [5.74, 6) is -7.35. The van der Waals surface area contributed by atoms with Crippen LogP contribution in [0, 0.1) is 0 Å². The number of unbranched alkanes of at least 4 members (excludes halogenated alkanes) is 13. The second-order valence-corrected chi connectivity index (χ2v) is 16.1. The molecule has 0 fully saturated rings. The first-order valence-corrected chi connectivity index (χ1v) is 23.7. The summed E-state index contributed by atoms with van der Waals surface area (Å²) in [6.07, 6.45) is 14.7. The van der Waals surface area contributed by atoms with Crippen molar-refractivity contribution in [3.8, 4) is 0 Å². The van der Waals surface area contributed by atoms with Gasteiger partial charge in [0.1, 0.15) is 37.6 Å². The standard InChI is InChI=1S/C45H77N5O18/c51-25-15-16-34(43(59)60)48-39(54)22-20-36(45(63)64)50-41(56)33-68-31-29-66-27-24-47-40(55)32-67-30-28-65-26-23-46-37(52)21-19-35(44(61)62)49-38(53)17-13-11-9-7-5-3-1-2-4-6-8-10-12-14-18-42(57)58/h25,34-36H,1-24,26-33H2,(H,46,52)(H,47,55)(H,48,54)(H,49,53)(H,50,56)(H,57,58)(H,59,60)(H,61,62)(H,63,64). The number of carboxylic acid groups (broad SMARTS) is 4. The maximum atomic E-state index is 12.3. The smallest absolute Gasteiger partial charge is 0.326 e. The topological polar surface area (TPSA) is 349 Å². The van der Waals surface area contributed by atoms with Gasteiger partial charge in [0.25, 0.3) is 0 Å². The molecule has 0 aromatic carbocycles. The number of carbonyl (C=O) groups excluding carboxylic acids is 6. The summed E-state index contributed by atoms with van der Waals surface area (Å²) >= 11 is 0. The number of nitrogens with one attached hydrogen (secondary N) is 5. The van der Waals surface area contributed by atoms with Gasteiger partial charge in [-0.15, -0.1) is 0 Å². The maximum absolute atomic E-state index is 12.3. The van der Waals surface area contributed by atoms with Gasteiger partial charge in [-0.1, -0.05) is 77.0 Å². The number of aliphatic carboxylic acids is 4. The van der Waals surface area contributed by atoms with Gasteiger partial charge in [0.15, 0.2) is 0 Å². The third-order valence-corrected chi connectivity index (χ3v) is 10.2. The normalized spacial score (nSPS) is 12.2. The third-order valence-electron chi connectivity index (χ3n) is 10.2. The minimum Gasteiger partial charge on any atom is -0.481 e. The second kappa shape index (κ2) is 43.0. The Morgan fingerprint density at radius 3 is 1.18 bits per heavy atom. The van der Waals surface area contributed by atoms with E-state index < -0.39 is 72.8 Å². The molecule has 0 saturated heterocycles. The SMILES string of the molecule is O=CCCC(NC(=O)CCC(NC(=O)COCCOCCNC(=O)COCCOCCNC(=O)CCC(NC(=O)CCCCCCCCCCCCCCCCC(=O)O)C(=O)O)C(=O)O)C(=O)O. The Morgan fingerprint density at radius 2 is 0.735 bits per heavy atom. The Morgan fingerprint density at radius 1 is 0.382 bits per heavy atom. The molecule has 23 heteroatoms. The lowest BCUT2D eigenvalue weighted by molar-refractivity contribution is -0.144. The van der Waals surface area contributed by atoms with E-state index in [1.165, 1.54) is 32.1 Å². The number of carbonyl (C=O) groups is 10. The number of rotatable bonds is 48. The van der Waals surface area contributed by atoms with Crippen LogP contribution in [0.4, 0.5) is 0 Å². The quantitative estimate of drug-likeness (QED) is 0.0310. The molecule has 390 valence electrons. The van der Waals surface area contributed by atoms with E-state index in [2.05, 4.69) is 26.6 Å². The lowest BCUT2D eigenvalue weighted by atomic mass is 10.0. The maximum Gasteiger partial charge on any atom is 0.326 e. The van der Waals surface area contributed by atoms with Crippen LogP contribution in [0.25, 0.3) is 0 Å². The van der Waals surface area contributed by atoms with Gasteiger partial charge in [0.05, 0.1) is 39.6 Å². The predicted octanol–water partition coefficient (Wildman–Crippen LogP) is 1.86. The highest BCUT2D eigenvalue weighted by atomic mass is 16.5. The van der Waals surface area contributed by atoms with Crippen LogP contribution in [0.1, 0.15) is 141 Å². The highest BCUT2D eigenvalue weighted by molar-refractivity contribution is 5.87. The van der Waals surface area contributed by atoms with Crippen molar-refractivity contribution in [2.45, 2.75) is 159 Å². The Kier molecular flexibility index (Phi) is 39.7. The monoisotopic (exact) mass is 976 g/mol. The summed E-state index contributed by atoms with van der Waals surface area (Å²) in [5.41, 5.74) is 0. The summed E-state index contributed by atoms with van der Waals surface area (Å²) in [7, 11) is 0. The van der Waals surface area contributed by atoms with Crippen molar-refractivity contribution in [1.29, 1.82) is 0 Å². The molecule has 0 spiro atoms. The number of ether oxygens (including phenoxy) is 4. The largest absolute Gasteiger partial charge is 0.481 e. The molecule has 0 bridgehead atoms. The van der Waals surface area contributed by atoms with Crippen LogP contribution < -0.4 is 26.6 Å². The molecule has 0 aliphatic rings. The summed E-state index contributed by atoms with van der Waals surface area (Å²) in [6.45, 7) is 0.136. The summed E-state index contributed by atoms with van der Waals surface area (Å²) in [5, 5.41) is 48.8. The molecule has 0 aromatic heterocycles. The molecule has 23 nitrogen and oxygen atoms in total. The van der Waals surface area contributed by atoms with Gasteiger partial charge in [-0.05, 0) is 32.1 Å². The summed E-state index contributed by atoms with van der Waals surface area (Å²) < 4.78 is 21.1. The Balaban J connectivity index is 3.83. The first kappa shape index (κ1) is 62.7. The predicted molar refractivity (Wildman–Crippen MR) is 243 cm³/mol. The molecular weight excluding hydrogens is 899 g/mol. The Bertz CT molecular complexity index is 1480. The summed E-state index contributed by atoms with van der Waals surface area (Å²) in [6, 6.07) is -3.91. The van der Waals surface area contributed by atoms with Crippen molar-refractivity contribution in [3.63, 3.8) is 0 Å². The number of hydrogen-bond acceptors (Lipinski definition) is 14. The van der Waals surface area contributed by atoms with Gasteiger partial charge in [0, 0.05) is 45.2 Å². The van der Waals surface area contributed by atoms with Gasteiger partial charge in [-0.25, -0.2) is 14.4 Å². The molecule has 68 heavy (non-hydrogen) atoms. The number of amides is 5. The third kappa shape index (κ3) is 39.9. The summed E-state index contributed by atoms with van der Waals surface area (Å²) in [4.78, 5) is 116. The zero-order valence-corrected chi connectivity index (χ0v) is 39.4. The minimum atomic E-state index is -1.43. The van der Waals surface area contributed by atoms with E-state index >= 15 is 0 Å². The Labute approximate surface area is 398 Å². The minimum absolute atomic E-state index is 0.0241. The fourth-order valence-corrected chi connectivity index (χ4v) is 6.44. The van der Waals surface area contributed by atoms with Gasteiger partial charge in [0.2, 0.25) is 29.5 Å². The van der Waals surface area contributed by atoms with E-state index in [9.17, 15) is 58.2 Å².